The molecule has 5 rings (SSSR count). The molecule has 0 aromatic heterocycles. The predicted molar refractivity (Wildman–Crippen MR) is 220 cm³/mol. The Labute approximate surface area is 350 Å². The number of anilines is 1. The number of esters is 4. The number of nitrogens with one attached hydrogen (secondary N) is 1. The third-order valence-corrected chi connectivity index (χ3v) is 10.8. The van der Waals surface area contributed by atoms with E-state index in [4.69, 9.17) is 24.1 Å². The number of hydrogen-bond acceptors (Lipinski definition) is 15. The zero-order valence-corrected chi connectivity index (χ0v) is 34.2. The summed E-state index contributed by atoms with van der Waals surface area (Å²) >= 11 is 1.07. The molecule has 312 valence electrons. The molecule has 0 bridgehead atoms. The van der Waals surface area contributed by atoms with E-state index in [2.05, 4.69) is 10.4 Å². The number of amides is 1. The summed E-state index contributed by atoms with van der Waals surface area (Å²) in [5.41, 5.74) is 1.78. The van der Waals surface area contributed by atoms with Gasteiger partial charge in [-0.15, -0.1) is 0 Å². The second-order valence-corrected chi connectivity index (χ2v) is 14.8. The normalized spacial score (nSPS) is 17.5. The Hall–Kier alpha value is -6.88. The molecule has 0 spiro atoms. The Bertz CT molecular complexity index is 2240. The molecule has 1 aliphatic heterocycles. The molecule has 5 atom stereocenters. The Morgan fingerprint density at radius 2 is 1.33 bits per heavy atom. The molecule has 0 unspecified atom stereocenters. The van der Waals surface area contributed by atoms with Crippen molar-refractivity contribution < 1.29 is 47.8 Å². The molecule has 16 nitrogen and oxygen atoms in total. The number of benzene rings is 4. The van der Waals surface area contributed by atoms with Gasteiger partial charge in [0.25, 0.3) is 5.69 Å². The molecule has 4 aromatic carbocycles. The summed E-state index contributed by atoms with van der Waals surface area (Å²) in [7, 11) is 1.78. The van der Waals surface area contributed by atoms with E-state index in [0.717, 1.165) is 45.0 Å². The Kier molecular flexibility index (Phi) is 14.9. The molecule has 0 radical (unpaired) electrons. The molecule has 0 fully saturated rings. The number of ether oxygens (including phenoxy) is 4. The second-order valence-electron chi connectivity index (χ2n) is 13.6. The van der Waals surface area contributed by atoms with Crippen molar-refractivity contribution in [3.8, 4) is 0 Å². The third kappa shape index (κ3) is 11.0. The van der Waals surface area contributed by atoms with Crippen molar-refractivity contribution in [2.45, 2.75) is 57.3 Å². The average Bonchev–Trinajstić information content (AvgIpc) is 3.57. The number of nitrogens with zero attached hydrogens (tertiary/aromatic N) is 4. The highest BCUT2D eigenvalue weighted by Gasteiger charge is 2.63. The van der Waals surface area contributed by atoms with Gasteiger partial charge in [-0.1, -0.05) is 90.6 Å². The maximum absolute atomic E-state index is 15.5. The van der Waals surface area contributed by atoms with Crippen molar-refractivity contribution in [3.63, 3.8) is 0 Å². The lowest BCUT2D eigenvalue weighted by Gasteiger charge is -2.41. The Balaban J connectivity index is 1.87. The van der Waals surface area contributed by atoms with E-state index < -0.39 is 70.3 Å². The van der Waals surface area contributed by atoms with E-state index in [1.165, 1.54) is 24.3 Å². The molecule has 4 aromatic rings. The first-order valence-corrected chi connectivity index (χ1v) is 19.4. The Morgan fingerprint density at radius 3 is 1.88 bits per heavy atom. The van der Waals surface area contributed by atoms with E-state index in [-0.39, 0.29) is 17.1 Å². The molecule has 1 amide bonds. The van der Waals surface area contributed by atoms with E-state index in [9.17, 15) is 29.3 Å². The molecule has 1 aliphatic rings. The lowest BCUT2D eigenvalue weighted by molar-refractivity contribution is -0.384. The standard InChI is InChI=1S/C43H43N5O11S/c1-27(49)56-26-36(57-28(2)50)39(58-29(3)51)40(59-30(4)52)37-38(46-45-34-19-13-8-14-20-34)41(47(5)25-31-15-9-6-10-16-31)60-43(37,32-17-11-7-12-18-32)42(53)44-33-21-23-35(24-22-33)48(54)55/h6-24,36-37,39-40H,25-26H2,1-5H3,(H,44,53)/t36-,37-,39-,40-,43-/m1/s1. The second kappa shape index (κ2) is 20.2. The summed E-state index contributed by atoms with van der Waals surface area (Å²) in [5.74, 6) is -5.50. The smallest absolute Gasteiger partial charge is 0.303 e. The van der Waals surface area contributed by atoms with Crippen LogP contribution in [-0.4, -0.2) is 71.6 Å². The summed E-state index contributed by atoms with van der Waals surface area (Å²) in [6.45, 7) is 4.09. The van der Waals surface area contributed by atoms with Gasteiger partial charge in [0.1, 0.15) is 17.1 Å². The average molecular weight is 838 g/mol. The van der Waals surface area contributed by atoms with Gasteiger partial charge in [-0.2, -0.15) is 10.2 Å². The number of nitro benzene ring substituents is 1. The highest BCUT2D eigenvalue weighted by molar-refractivity contribution is 8.04. The van der Waals surface area contributed by atoms with Crippen molar-refractivity contribution in [3.05, 3.63) is 147 Å². The van der Waals surface area contributed by atoms with Crippen molar-refractivity contribution >= 4 is 58.6 Å². The van der Waals surface area contributed by atoms with Crippen LogP contribution in [0.3, 0.4) is 0 Å². The molecular weight excluding hydrogens is 795 g/mol. The Morgan fingerprint density at radius 1 is 0.767 bits per heavy atom. The van der Waals surface area contributed by atoms with E-state index in [0.29, 0.717) is 22.8 Å². The molecule has 17 heteroatoms. The summed E-state index contributed by atoms with van der Waals surface area (Å²) < 4.78 is 21.1. The lowest BCUT2D eigenvalue weighted by Crippen LogP contribution is -2.56. The topological polar surface area (TPSA) is 205 Å². The molecule has 0 saturated carbocycles. The van der Waals surface area contributed by atoms with Crippen molar-refractivity contribution in [1.29, 1.82) is 0 Å². The highest BCUT2D eigenvalue weighted by Crippen LogP contribution is 2.60. The van der Waals surface area contributed by atoms with Crippen LogP contribution >= 0.6 is 11.8 Å². The maximum Gasteiger partial charge on any atom is 0.303 e. The van der Waals surface area contributed by atoms with Gasteiger partial charge in [0.2, 0.25) is 5.91 Å². The largest absolute Gasteiger partial charge is 0.462 e. The highest BCUT2D eigenvalue weighted by atomic mass is 32.2. The number of nitro groups is 1. The predicted octanol–water partition coefficient (Wildman–Crippen LogP) is 7.24. The maximum atomic E-state index is 15.5. The third-order valence-electron chi connectivity index (χ3n) is 9.12. The SMILES string of the molecule is CC(=O)OC[C@@H](OC(C)=O)[C@@H](OC(C)=O)[C@H](OC(C)=O)[C@H]1C(N=Nc2ccccc2)=C(N(C)Cc2ccccc2)S[C@]1(C(=O)Nc1ccc([N+](=O)[O-])cc1)c1ccccc1. The number of carbonyl (C=O) groups excluding carboxylic acids is 5. The van der Waals surface area contributed by atoms with Gasteiger partial charge < -0.3 is 29.2 Å². The molecule has 0 aliphatic carbocycles. The van der Waals surface area contributed by atoms with Gasteiger partial charge in [0.15, 0.2) is 18.3 Å². The van der Waals surface area contributed by atoms with Crippen LogP contribution in [0.4, 0.5) is 17.1 Å². The lowest BCUT2D eigenvalue weighted by atomic mass is 9.76. The minimum absolute atomic E-state index is 0.113. The summed E-state index contributed by atoms with van der Waals surface area (Å²) in [6, 6.07) is 31.9. The summed E-state index contributed by atoms with van der Waals surface area (Å²) in [5, 5.41) is 24.2. The number of azo groups is 1. The molecular formula is C43H43N5O11S. The minimum atomic E-state index is -1.89. The van der Waals surface area contributed by atoms with Crippen molar-refractivity contribution in [1.82, 2.24) is 4.90 Å². The zero-order valence-electron chi connectivity index (χ0n) is 33.4. The molecule has 60 heavy (non-hydrogen) atoms. The number of hydrogen-bond donors (Lipinski definition) is 1. The fraction of sp³-hybridized carbons (Fsp3) is 0.279. The van der Waals surface area contributed by atoms with Crippen molar-refractivity contribution in [2.24, 2.45) is 16.1 Å². The van der Waals surface area contributed by atoms with Gasteiger partial charge in [-0.05, 0) is 35.4 Å². The van der Waals surface area contributed by atoms with E-state index in [1.807, 2.05) is 35.2 Å². The van der Waals surface area contributed by atoms with Crippen LogP contribution in [0.25, 0.3) is 0 Å². The van der Waals surface area contributed by atoms with Crippen molar-refractivity contribution in [2.75, 3.05) is 19.0 Å². The quantitative estimate of drug-likeness (QED) is 0.0367. The van der Waals surface area contributed by atoms with Crippen LogP contribution in [0.15, 0.2) is 136 Å². The summed E-state index contributed by atoms with van der Waals surface area (Å²) in [6.07, 6.45) is -5.01. The fourth-order valence-electron chi connectivity index (χ4n) is 6.70. The van der Waals surface area contributed by atoms with Crippen LogP contribution in [0, 0.1) is 16.0 Å². The van der Waals surface area contributed by atoms with Crippen LogP contribution < -0.4 is 5.32 Å². The van der Waals surface area contributed by atoms with Gasteiger partial charge >= 0.3 is 23.9 Å². The first kappa shape index (κ1) is 44.2. The van der Waals surface area contributed by atoms with E-state index >= 15 is 4.79 Å². The summed E-state index contributed by atoms with van der Waals surface area (Å²) in [4.78, 5) is 79.5. The molecule has 0 saturated heterocycles. The first-order chi connectivity index (χ1) is 28.7. The first-order valence-electron chi connectivity index (χ1n) is 18.6. The van der Waals surface area contributed by atoms with Crippen LogP contribution in [0.2, 0.25) is 0 Å². The number of non-ortho nitro benzene ring substituents is 1. The zero-order chi connectivity index (χ0) is 43.4. The van der Waals surface area contributed by atoms with E-state index in [1.54, 1.807) is 67.7 Å². The number of rotatable bonds is 17. The minimum Gasteiger partial charge on any atom is -0.462 e. The van der Waals surface area contributed by atoms with Gasteiger partial charge in [-0.3, -0.25) is 34.1 Å². The van der Waals surface area contributed by atoms with Gasteiger partial charge in [0.05, 0.1) is 21.6 Å². The monoisotopic (exact) mass is 837 g/mol. The van der Waals surface area contributed by atoms with Gasteiger partial charge in [0, 0.05) is 59.1 Å². The van der Waals surface area contributed by atoms with Crippen LogP contribution in [0.5, 0.6) is 0 Å². The molecule has 1 heterocycles. The van der Waals surface area contributed by atoms with Gasteiger partial charge in [-0.25, -0.2) is 0 Å². The number of thioether (sulfide) groups is 1. The van der Waals surface area contributed by atoms with Crippen LogP contribution in [0.1, 0.15) is 38.8 Å². The fourth-order valence-corrected chi connectivity index (χ4v) is 8.27. The molecule has 1 N–H and O–H groups in total. The van der Waals surface area contributed by atoms with Crippen LogP contribution in [-0.2, 0) is 54.2 Å². The number of carbonyl (C=O) groups is 5.